The van der Waals surface area contributed by atoms with Crippen LogP contribution in [0.15, 0.2) is 11.8 Å². The van der Waals surface area contributed by atoms with Crippen molar-refractivity contribution in [3.8, 4) is 6.07 Å². The summed E-state index contributed by atoms with van der Waals surface area (Å²) in [5, 5.41) is 8.24. The Morgan fingerprint density at radius 3 is 2.25 bits per heavy atom. The second-order valence-corrected chi connectivity index (χ2v) is 1.89. The lowest BCUT2D eigenvalue weighted by Gasteiger charge is -2.02. The fourth-order valence-electron chi connectivity index (χ4n) is 0.416. The summed E-state index contributed by atoms with van der Waals surface area (Å²) in [6.45, 7) is 1.78. The fourth-order valence-corrected chi connectivity index (χ4v) is 0.416. The fraction of sp³-hybridized carbons (Fsp3) is 0.500. The third kappa shape index (κ3) is 3.23. The maximum absolute atomic E-state index is 8.24. The molecule has 8 heavy (non-hydrogen) atoms. The van der Waals surface area contributed by atoms with Crippen LogP contribution in [-0.2, 0) is 0 Å². The van der Waals surface area contributed by atoms with Gasteiger partial charge >= 0.3 is 0 Å². The summed E-state index contributed by atoms with van der Waals surface area (Å²) in [5.41, 5.74) is 0.731. The quantitative estimate of drug-likeness (QED) is 0.470. The first-order valence-corrected chi connectivity index (χ1v) is 2.41. The lowest BCUT2D eigenvalue weighted by atomic mass is 10.4. The molecule has 0 aliphatic rings. The van der Waals surface area contributed by atoms with Gasteiger partial charge in [-0.05, 0) is 6.92 Å². The Bertz CT molecular complexity index is 128. The topological polar surface area (TPSA) is 27.0 Å². The molecule has 0 atom stereocenters. The normalized spacial score (nSPS) is 10.5. The van der Waals surface area contributed by atoms with E-state index in [0.29, 0.717) is 0 Å². The Morgan fingerprint density at radius 1 is 1.62 bits per heavy atom. The molecule has 0 aliphatic carbocycles. The van der Waals surface area contributed by atoms with E-state index < -0.39 is 0 Å². The van der Waals surface area contributed by atoms with Crippen molar-refractivity contribution in [3.05, 3.63) is 11.8 Å². The van der Waals surface area contributed by atoms with Gasteiger partial charge in [-0.2, -0.15) is 5.26 Å². The van der Waals surface area contributed by atoms with Crippen LogP contribution in [0.5, 0.6) is 0 Å². The Kier molecular flexibility index (Phi) is 2.71. The van der Waals surface area contributed by atoms with E-state index in [1.54, 1.807) is 13.1 Å². The van der Waals surface area contributed by atoms with E-state index in [4.69, 9.17) is 5.26 Å². The predicted octanol–water partition coefficient (Wildman–Crippen LogP) is 0.975. The number of nitrogens with zero attached hydrogens (tertiary/aromatic N) is 2. The minimum Gasteiger partial charge on any atom is -0.383 e. The molecule has 0 N–H and O–H groups in total. The van der Waals surface area contributed by atoms with Crippen LogP contribution < -0.4 is 0 Å². The maximum Gasteiger partial charge on any atom is 0.0959 e. The van der Waals surface area contributed by atoms with Crippen LogP contribution in [0, 0.1) is 11.3 Å². The first kappa shape index (κ1) is 7.03. The minimum atomic E-state index is 0.731. The summed E-state index contributed by atoms with van der Waals surface area (Å²) in [5.74, 6) is 0. The lowest BCUT2D eigenvalue weighted by Crippen LogP contribution is -2.01. The third-order valence-corrected chi connectivity index (χ3v) is 0.628. The second-order valence-electron chi connectivity index (χ2n) is 1.89. The van der Waals surface area contributed by atoms with Gasteiger partial charge in [-0.15, -0.1) is 0 Å². The zero-order chi connectivity index (χ0) is 6.57. The van der Waals surface area contributed by atoms with Gasteiger partial charge in [0.05, 0.1) is 6.07 Å². The molecule has 0 aliphatic heterocycles. The summed E-state index contributed by atoms with van der Waals surface area (Å²) in [4.78, 5) is 1.85. The van der Waals surface area contributed by atoms with E-state index in [0.717, 1.165) is 5.57 Å². The highest BCUT2D eigenvalue weighted by Gasteiger charge is 1.81. The van der Waals surface area contributed by atoms with E-state index in [1.807, 2.05) is 25.1 Å². The first-order chi connectivity index (χ1) is 3.66. The number of allylic oxidation sites excluding steroid dienone is 1. The van der Waals surface area contributed by atoms with E-state index in [1.165, 1.54) is 0 Å². The Hall–Kier alpha value is -0.970. The minimum absolute atomic E-state index is 0.731. The van der Waals surface area contributed by atoms with Crippen molar-refractivity contribution < 1.29 is 0 Å². The zero-order valence-corrected chi connectivity index (χ0v) is 5.47. The highest BCUT2D eigenvalue weighted by atomic mass is 15.0. The van der Waals surface area contributed by atoms with Crippen molar-refractivity contribution in [1.82, 2.24) is 4.90 Å². The molecular formula is C6H10N2. The molecule has 0 aromatic carbocycles. The Labute approximate surface area is 50.0 Å². The molecule has 0 aromatic heterocycles. The van der Waals surface area contributed by atoms with Crippen LogP contribution in [0.4, 0.5) is 0 Å². The van der Waals surface area contributed by atoms with E-state index >= 15 is 0 Å². The zero-order valence-electron chi connectivity index (χ0n) is 5.47. The van der Waals surface area contributed by atoms with E-state index in [9.17, 15) is 0 Å². The molecule has 2 nitrogen and oxygen atoms in total. The average molecular weight is 110 g/mol. The molecule has 0 heterocycles. The molecule has 0 unspecified atom stereocenters. The summed E-state index contributed by atoms with van der Waals surface area (Å²) in [6.07, 6.45) is 1.78. The summed E-state index contributed by atoms with van der Waals surface area (Å²) >= 11 is 0. The monoisotopic (exact) mass is 110 g/mol. The molecule has 0 amide bonds. The van der Waals surface area contributed by atoms with Crippen molar-refractivity contribution in [3.63, 3.8) is 0 Å². The van der Waals surface area contributed by atoms with Crippen molar-refractivity contribution in [2.75, 3.05) is 14.1 Å². The van der Waals surface area contributed by atoms with Gasteiger partial charge < -0.3 is 4.90 Å². The van der Waals surface area contributed by atoms with E-state index in [-0.39, 0.29) is 0 Å². The number of hydrogen-bond donors (Lipinski definition) is 0. The molecule has 0 saturated carbocycles. The largest absolute Gasteiger partial charge is 0.383 e. The molecule has 44 valence electrons. The first-order valence-electron chi connectivity index (χ1n) is 2.41. The highest BCUT2D eigenvalue weighted by Crippen LogP contribution is 1.88. The van der Waals surface area contributed by atoms with Gasteiger partial charge in [0.1, 0.15) is 0 Å². The van der Waals surface area contributed by atoms with Crippen LogP contribution in [0.3, 0.4) is 0 Å². The van der Waals surface area contributed by atoms with Crippen LogP contribution >= 0.6 is 0 Å². The average Bonchev–Trinajstić information content (AvgIpc) is 1.65. The van der Waals surface area contributed by atoms with E-state index in [2.05, 4.69) is 0 Å². The Balaban J connectivity index is 3.80. The van der Waals surface area contributed by atoms with Crippen LogP contribution in [0.25, 0.3) is 0 Å². The molecule has 0 radical (unpaired) electrons. The van der Waals surface area contributed by atoms with Crippen molar-refractivity contribution in [1.29, 1.82) is 5.26 Å². The number of hydrogen-bond acceptors (Lipinski definition) is 2. The van der Waals surface area contributed by atoms with Crippen molar-refractivity contribution in [2.45, 2.75) is 6.92 Å². The molecule has 0 aromatic rings. The number of nitriles is 1. The molecule has 0 rings (SSSR count). The molecule has 0 bridgehead atoms. The smallest absolute Gasteiger partial charge is 0.0959 e. The van der Waals surface area contributed by atoms with Crippen LogP contribution in [-0.4, -0.2) is 19.0 Å². The molecule has 0 saturated heterocycles. The molecular weight excluding hydrogens is 100 g/mol. The van der Waals surface area contributed by atoms with Gasteiger partial charge in [-0.25, -0.2) is 0 Å². The van der Waals surface area contributed by atoms with Crippen LogP contribution in [0.1, 0.15) is 6.92 Å². The molecule has 2 heteroatoms. The SMILES string of the molecule is C/C(C#N)=C/N(C)C. The summed E-state index contributed by atoms with van der Waals surface area (Å²) < 4.78 is 0. The second kappa shape index (κ2) is 3.09. The highest BCUT2D eigenvalue weighted by molar-refractivity contribution is 5.15. The lowest BCUT2D eigenvalue weighted by molar-refractivity contribution is 0.560. The molecule has 0 spiro atoms. The van der Waals surface area contributed by atoms with Crippen molar-refractivity contribution >= 4 is 0 Å². The number of rotatable bonds is 1. The standard InChI is InChI=1S/C6H10N2/c1-6(4-7)5-8(2)3/h5H,1-3H3/b6-5-. The van der Waals surface area contributed by atoms with Gasteiger partial charge in [0.15, 0.2) is 0 Å². The third-order valence-electron chi connectivity index (χ3n) is 0.628. The summed E-state index contributed by atoms with van der Waals surface area (Å²) in [7, 11) is 3.78. The van der Waals surface area contributed by atoms with Crippen molar-refractivity contribution in [2.24, 2.45) is 0 Å². The molecule has 0 fully saturated rings. The Morgan fingerprint density at radius 2 is 2.12 bits per heavy atom. The van der Waals surface area contributed by atoms with Gasteiger partial charge in [-0.3, -0.25) is 0 Å². The van der Waals surface area contributed by atoms with Gasteiger partial charge in [-0.1, -0.05) is 0 Å². The van der Waals surface area contributed by atoms with Crippen LogP contribution in [0.2, 0.25) is 0 Å². The predicted molar refractivity (Wildman–Crippen MR) is 33.1 cm³/mol. The summed E-state index contributed by atoms with van der Waals surface area (Å²) in [6, 6.07) is 2.02. The van der Waals surface area contributed by atoms with Gasteiger partial charge in [0.25, 0.3) is 0 Å². The van der Waals surface area contributed by atoms with Gasteiger partial charge in [0.2, 0.25) is 0 Å². The van der Waals surface area contributed by atoms with Gasteiger partial charge in [0, 0.05) is 25.9 Å². The maximum atomic E-state index is 8.24.